The minimum atomic E-state index is 0.422. The molecule has 0 N–H and O–H groups in total. The Kier molecular flexibility index (Phi) is 4.28. The lowest BCUT2D eigenvalue weighted by Gasteiger charge is -2.08. The van der Waals surface area contributed by atoms with Crippen molar-refractivity contribution in [3.05, 3.63) is 59.8 Å². The fourth-order valence-electron chi connectivity index (χ4n) is 2.83. The van der Waals surface area contributed by atoms with E-state index in [2.05, 4.69) is 49.7 Å². The largest absolute Gasteiger partial charge is 0.497 e. The molecule has 3 heteroatoms. The number of benzene rings is 2. The van der Waals surface area contributed by atoms with Crippen molar-refractivity contribution >= 4 is 10.9 Å². The van der Waals surface area contributed by atoms with Gasteiger partial charge in [-0.2, -0.15) is 0 Å². The molecule has 0 aliphatic rings. The molecule has 1 aromatic heterocycles. The molecule has 3 nitrogen and oxygen atoms in total. The monoisotopic (exact) mass is 309 g/mol. The molecule has 23 heavy (non-hydrogen) atoms. The number of rotatable bonds is 5. The summed E-state index contributed by atoms with van der Waals surface area (Å²) in [6, 6.07) is 14.7. The van der Waals surface area contributed by atoms with Gasteiger partial charge < -0.3 is 14.0 Å². The lowest BCUT2D eigenvalue weighted by molar-refractivity contribution is 0.304. The van der Waals surface area contributed by atoms with Gasteiger partial charge in [0.1, 0.15) is 18.1 Å². The molecule has 3 rings (SSSR count). The van der Waals surface area contributed by atoms with Crippen LogP contribution in [0.4, 0.5) is 0 Å². The molecule has 0 unspecified atom stereocenters. The molecule has 2 aromatic carbocycles. The summed E-state index contributed by atoms with van der Waals surface area (Å²) in [5.41, 5.74) is 3.73. The van der Waals surface area contributed by atoms with Crippen molar-refractivity contribution < 1.29 is 9.47 Å². The van der Waals surface area contributed by atoms with Gasteiger partial charge in [0, 0.05) is 34.8 Å². The minimum absolute atomic E-state index is 0.422. The van der Waals surface area contributed by atoms with E-state index in [0.29, 0.717) is 12.6 Å². The van der Waals surface area contributed by atoms with Crippen molar-refractivity contribution in [3.8, 4) is 11.5 Å². The van der Waals surface area contributed by atoms with Crippen LogP contribution in [-0.2, 0) is 6.61 Å². The van der Waals surface area contributed by atoms with Gasteiger partial charge in [-0.25, -0.2) is 0 Å². The Hall–Kier alpha value is -2.42. The summed E-state index contributed by atoms with van der Waals surface area (Å²) in [4.78, 5) is 0. The van der Waals surface area contributed by atoms with Crippen LogP contribution in [0.25, 0.3) is 10.9 Å². The average molecular weight is 309 g/mol. The van der Waals surface area contributed by atoms with Gasteiger partial charge in [0.2, 0.25) is 0 Å². The summed E-state index contributed by atoms with van der Waals surface area (Å²) in [5, 5.41) is 1.27. The van der Waals surface area contributed by atoms with Crippen molar-refractivity contribution in [2.75, 3.05) is 7.11 Å². The molecule has 3 aromatic rings. The van der Waals surface area contributed by atoms with Gasteiger partial charge in [-0.3, -0.25) is 0 Å². The lowest BCUT2D eigenvalue weighted by Crippen LogP contribution is -1.98. The molecular weight excluding hydrogens is 286 g/mol. The van der Waals surface area contributed by atoms with Gasteiger partial charge in [0.25, 0.3) is 0 Å². The first-order chi connectivity index (χ1) is 11.1. The van der Waals surface area contributed by atoms with E-state index in [1.54, 1.807) is 7.11 Å². The first kappa shape index (κ1) is 15.5. The summed E-state index contributed by atoms with van der Waals surface area (Å²) in [7, 11) is 1.66. The zero-order chi connectivity index (χ0) is 16.4. The Morgan fingerprint density at radius 3 is 2.57 bits per heavy atom. The molecule has 0 amide bonds. The minimum Gasteiger partial charge on any atom is -0.497 e. The highest BCUT2D eigenvalue weighted by Gasteiger charge is 2.11. The normalized spacial score (nSPS) is 11.2. The summed E-state index contributed by atoms with van der Waals surface area (Å²) >= 11 is 0. The Bertz CT molecular complexity index is 818. The number of fused-ring (bicyclic) bond motifs is 1. The van der Waals surface area contributed by atoms with Gasteiger partial charge >= 0.3 is 0 Å². The predicted octanol–water partition coefficient (Wildman–Crippen LogP) is 5.12. The maximum atomic E-state index is 5.98. The van der Waals surface area contributed by atoms with E-state index in [0.717, 1.165) is 11.5 Å². The first-order valence-electron chi connectivity index (χ1n) is 7.95. The van der Waals surface area contributed by atoms with Gasteiger partial charge in [-0.15, -0.1) is 0 Å². The number of nitrogens with zero attached hydrogens (tertiary/aromatic N) is 1. The second kappa shape index (κ2) is 6.37. The summed E-state index contributed by atoms with van der Waals surface area (Å²) < 4.78 is 13.5. The zero-order valence-electron chi connectivity index (χ0n) is 14.2. The van der Waals surface area contributed by atoms with Crippen LogP contribution in [0, 0.1) is 6.92 Å². The van der Waals surface area contributed by atoms with Gasteiger partial charge in [-0.05, 0) is 45.0 Å². The molecule has 0 radical (unpaired) electrons. The highest BCUT2D eigenvalue weighted by Crippen LogP contribution is 2.27. The highest BCUT2D eigenvalue weighted by atomic mass is 16.5. The number of aromatic nitrogens is 1. The molecule has 0 aliphatic carbocycles. The van der Waals surface area contributed by atoms with E-state index in [-0.39, 0.29) is 0 Å². The molecule has 1 heterocycles. The van der Waals surface area contributed by atoms with Crippen LogP contribution in [0.5, 0.6) is 11.5 Å². The Morgan fingerprint density at radius 1 is 1.04 bits per heavy atom. The molecule has 0 spiro atoms. The quantitative estimate of drug-likeness (QED) is 0.653. The molecule has 0 atom stereocenters. The third kappa shape index (κ3) is 3.19. The molecular formula is C20H23NO2. The first-order valence-corrected chi connectivity index (χ1v) is 7.95. The Labute approximate surface area is 137 Å². The van der Waals surface area contributed by atoms with Crippen molar-refractivity contribution in [2.24, 2.45) is 0 Å². The SMILES string of the molecule is COc1cccc(OCc2cn(C(C)C)c3ccc(C)cc23)c1. The fourth-order valence-corrected chi connectivity index (χ4v) is 2.83. The fraction of sp³-hybridized carbons (Fsp3) is 0.300. The number of methoxy groups -OCH3 is 1. The molecule has 120 valence electrons. The summed E-state index contributed by atoms with van der Waals surface area (Å²) in [6.07, 6.45) is 2.20. The standard InChI is InChI=1S/C20H23NO2/c1-14(2)21-12-16(19-10-15(3)8-9-20(19)21)13-23-18-7-5-6-17(11-18)22-4/h5-12,14H,13H2,1-4H3. The van der Waals surface area contributed by atoms with E-state index in [1.807, 2.05) is 24.3 Å². The summed E-state index contributed by atoms with van der Waals surface area (Å²) in [6.45, 7) is 7.07. The lowest BCUT2D eigenvalue weighted by atomic mass is 10.1. The van der Waals surface area contributed by atoms with Crippen LogP contribution in [0.3, 0.4) is 0 Å². The number of hydrogen-bond acceptors (Lipinski definition) is 2. The molecule has 0 saturated heterocycles. The summed E-state index contributed by atoms with van der Waals surface area (Å²) in [5.74, 6) is 1.63. The Morgan fingerprint density at radius 2 is 1.83 bits per heavy atom. The van der Waals surface area contributed by atoms with E-state index in [1.165, 1.54) is 22.0 Å². The topological polar surface area (TPSA) is 23.4 Å². The van der Waals surface area contributed by atoms with Gasteiger partial charge in [-0.1, -0.05) is 17.7 Å². The maximum absolute atomic E-state index is 5.98. The second-order valence-corrected chi connectivity index (χ2v) is 6.14. The zero-order valence-corrected chi connectivity index (χ0v) is 14.2. The van der Waals surface area contributed by atoms with Crippen LogP contribution in [0.2, 0.25) is 0 Å². The molecule has 0 bridgehead atoms. The van der Waals surface area contributed by atoms with Crippen molar-refractivity contribution in [1.29, 1.82) is 0 Å². The van der Waals surface area contributed by atoms with E-state index < -0.39 is 0 Å². The molecule has 0 saturated carbocycles. The van der Waals surface area contributed by atoms with Crippen LogP contribution < -0.4 is 9.47 Å². The Balaban J connectivity index is 1.91. The van der Waals surface area contributed by atoms with Crippen molar-refractivity contribution in [3.63, 3.8) is 0 Å². The number of aryl methyl sites for hydroxylation is 1. The molecule has 0 aliphatic heterocycles. The van der Waals surface area contributed by atoms with E-state index in [9.17, 15) is 0 Å². The van der Waals surface area contributed by atoms with Crippen LogP contribution in [-0.4, -0.2) is 11.7 Å². The van der Waals surface area contributed by atoms with Crippen LogP contribution in [0.1, 0.15) is 31.0 Å². The number of ether oxygens (including phenoxy) is 2. The van der Waals surface area contributed by atoms with Crippen molar-refractivity contribution in [1.82, 2.24) is 4.57 Å². The van der Waals surface area contributed by atoms with Crippen molar-refractivity contribution in [2.45, 2.75) is 33.4 Å². The number of hydrogen-bond donors (Lipinski definition) is 0. The van der Waals surface area contributed by atoms with Gasteiger partial charge in [0.15, 0.2) is 0 Å². The molecule has 0 fully saturated rings. The second-order valence-electron chi connectivity index (χ2n) is 6.14. The van der Waals surface area contributed by atoms with Gasteiger partial charge in [0.05, 0.1) is 7.11 Å². The average Bonchev–Trinajstić information content (AvgIpc) is 2.91. The van der Waals surface area contributed by atoms with E-state index in [4.69, 9.17) is 9.47 Å². The third-order valence-corrected chi connectivity index (χ3v) is 4.06. The van der Waals surface area contributed by atoms with Crippen LogP contribution in [0.15, 0.2) is 48.7 Å². The predicted molar refractivity (Wildman–Crippen MR) is 94.4 cm³/mol. The third-order valence-electron chi connectivity index (χ3n) is 4.06. The highest BCUT2D eigenvalue weighted by molar-refractivity contribution is 5.84. The smallest absolute Gasteiger partial charge is 0.123 e. The van der Waals surface area contributed by atoms with Crippen LogP contribution >= 0.6 is 0 Å². The van der Waals surface area contributed by atoms with E-state index >= 15 is 0 Å². The maximum Gasteiger partial charge on any atom is 0.123 e.